The lowest BCUT2D eigenvalue weighted by Crippen LogP contribution is -2.35. The Morgan fingerprint density at radius 3 is 2.77 bits per heavy atom. The highest BCUT2D eigenvalue weighted by molar-refractivity contribution is 7.99. The summed E-state index contributed by atoms with van der Waals surface area (Å²) in [5, 5.41) is 17.2. The summed E-state index contributed by atoms with van der Waals surface area (Å²) < 4.78 is 0. The van der Waals surface area contributed by atoms with Gasteiger partial charge in [-0.25, -0.2) is 9.97 Å². The van der Waals surface area contributed by atoms with E-state index in [1.165, 1.54) is 46.1 Å². The van der Waals surface area contributed by atoms with Gasteiger partial charge in [0, 0.05) is 30.6 Å². The molecule has 1 amide bonds. The van der Waals surface area contributed by atoms with Crippen LogP contribution in [0.5, 0.6) is 5.75 Å². The van der Waals surface area contributed by atoms with Crippen LogP contribution in [0, 0.1) is 0 Å². The van der Waals surface area contributed by atoms with Gasteiger partial charge < -0.3 is 15.7 Å². The number of aromatic hydroxyl groups is 1. The third-order valence-electron chi connectivity index (χ3n) is 5.18. The molecule has 0 spiro atoms. The smallest absolute Gasteiger partial charge is 0.263 e. The van der Waals surface area contributed by atoms with E-state index in [0.717, 1.165) is 25.2 Å². The van der Waals surface area contributed by atoms with Crippen molar-refractivity contribution in [2.75, 3.05) is 22.6 Å². The number of hydrogen-bond donors (Lipinski definition) is 3. The minimum absolute atomic E-state index is 0.0618. The second-order valence-corrected chi connectivity index (χ2v) is 8.96. The topological polar surface area (TPSA) is 90.4 Å². The summed E-state index contributed by atoms with van der Waals surface area (Å²) in [6.45, 7) is 1.84. The molecular formula is C21H17Cl2N5O2S. The first-order valence-corrected chi connectivity index (χ1v) is 11.3. The molecule has 0 saturated heterocycles. The maximum absolute atomic E-state index is 13.1. The summed E-state index contributed by atoms with van der Waals surface area (Å²) in [6, 6.07) is 8.95. The molecule has 0 atom stereocenters. The monoisotopic (exact) mass is 473 g/mol. The largest absolute Gasteiger partial charge is 0.508 e. The molecule has 0 aliphatic carbocycles. The molecule has 0 fully saturated rings. The van der Waals surface area contributed by atoms with E-state index in [9.17, 15) is 9.90 Å². The second-order valence-electron chi connectivity index (χ2n) is 7.21. The average Bonchev–Trinajstić information content (AvgIpc) is 2.74. The fourth-order valence-electron chi connectivity index (χ4n) is 3.68. The molecule has 31 heavy (non-hydrogen) atoms. The van der Waals surface area contributed by atoms with Crippen LogP contribution in [0.3, 0.4) is 0 Å². The normalized spacial score (nSPS) is 15.4. The molecule has 3 heterocycles. The van der Waals surface area contributed by atoms with Gasteiger partial charge in [0.1, 0.15) is 10.8 Å². The number of halogens is 2. The number of hydrogen-bond acceptors (Lipinski definition) is 7. The molecule has 1 aromatic heterocycles. The Kier molecular flexibility index (Phi) is 5.39. The van der Waals surface area contributed by atoms with Crippen molar-refractivity contribution in [3.8, 4) is 5.75 Å². The maximum atomic E-state index is 13.1. The second kappa shape index (κ2) is 8.20. The fourth-order valence-corrected chi connectivity index (χ4v) is 5.30. The summed E-state index contributed by atoms with van der Waals surface area (Å²) in [5.41, 5.74) is 4.24. The Morgan fingerprint density at radius 2 is 1.97 bits per heavy atom. The minimum atomic E-state index is -0.297. The molecule has 0 radical (unpaired) electrons. The van der Waals surface area contributed by atoms with Gasteiger partial charge >= 0.3 is 0 Å². The first-order valence-electron chi connectivity index (χ1n) is 9.59. The van der Waals surface area contributed by atoms with Crippen LogP contribution in [0.15, 0.2) is 41.6 Å². The number of rotatable bonds is 3. The number of aromatic nitrogens is 2. The van der Waals surface area contributed by atoms with Crippen molar-refractivity contribution < 1.29 is 9.90 Å². The Morgan fingerprint density at radius 1 is 1.16 bits per heavy atom. The fraction of sp³-hybridized carbons (Fsp3) is 0.190. The molecule has 2 aliphatic heterocycles. The van der Waals surface area contributed by atoms with E-state index < -0.39 is 0 Å². The Balaban J connectivity index is 1.40. The molecule has 7 nitrogen and oxygen atoms in total. The lowest BCUT2D eigenvalue weighted by Gasteiger charge is -2.28. The quantitative estimate of drug-likeness (QED) is 0.479. The number of anilines is 3. The number of thioether (sulfide) groups is 1. The van der Waals surface area contributed by atoms with Crippen LogP contribution in [0.1, 0.15) is 21.5 Å². The lowest BCUT2D eigenvalue weighted by molar-refractivity contribution is 0.0985. The summed E-state index contributed by atoms with van der Waals surface area (Å²) in [4.78, 5) is 23.4. The molecular weight excluding hydrogens is 457 g/mol. The molecule has 2 aromatic carbocycles. The van der Waals surface area contributed by atoms with Crippen LogP contribution in [0.2, 0.25) is 10.0 Å². The van der Waals surface area contributed by atoms with Crippen molar-refractivity contribution in [1.82, 2.24) is 15.3 Å². The van der Waals surface area contributed by atoms with Gasteiger partial charge in [-0.15, -0.1) is 0 Å². The molecule has 10 heteroatoms. The molecule has 158 valence electrons. The van der Waals surface area contributed by atoms with Crippen molar-refractivity contribution in [3.05, 3.63) is 63.3 Å². The van der Waals surface area contributed by atoms with Crippen molar-refractivity contribution >= 4 is 58.2 Å². The number of carbonyl (C=O) groups excluding carboxylic acids is 1. The first-order chi connectivity index (χ1) is 15.0. The summed E-state index contributed by atoms with van der Waals surface area (Å²) in [6.07, 6.45) is 2.53. The van der Waals surface area contributed by atoms with Crippen molar-refractivity contribution in [2.24, 2.45) is 0 Å². The SMILES string of the molecule is O=C1c2cnc(Nc3ccc4c(c3)CNCC4)nc2SCN1c1c(Cl)cc(O)cc1Cl. The highest BCUT2D eigenvalue weighted by Gasteiger charge is 2.31. The Bertz CT molecular complexity index is 1180. The van der Waals surface area contributed by atoms with E-state index in [1.807, 2.05) is 6.07 Å². The van der Waals surface area contributed by atoms with E-state index in [4.69, 9.17) is 23.2 Å². The van der Waals surface area contributed by atoms with Gasteiger partial charge in [-0.3, -0.25) is 9.69 Å². The molecule has 3 aromatic rings. The van der Waals surface area contributed by atoms with Gasteiger partial charge in [-0.2, -0.15) is 0 Å². The van der Waals surface area contributed by atoms with Gasteiger partial charge in [0.25, 0.3) is 5.91 Å². The molecule has 2 aliphatic rings. The lowest BCUT2D eigenvalue weighted by atomic mass is 10.0. The molecule has 0 bridgehead atoms. The van der Waals surface area contributed by atoms with Gasteiger partial charge in [0.15, 0.2) is 0 Å². The number of phenols is 1. The van der Waals surface area contributed by atoms with Gasteiger partial charge in [-0.05, 0) is 36.2 Å². The highest BCUT2D eigenvalue weighted by atomic mass is 35.5. The summed E-state index contributed by atoms with van der Waals surface area (Å²) >= 11 is 13.9. The van der Waals surface area contributed by atoms with Gasteiger partial charge in [0.2, 0.25) is 5.95 Å². The van der Waals surface area contributed by atoms with Gasteiger partial charge in [-0.1, -0.05) is 41.0 Å². The van der Waals surface area contributed by atoms with Crippen molar-refractivity contribution in [2.45, 2.75) is 18.0 Å². The molecule has 0 saturated carbocycles. The van der Waals surface area contributed by atoms with Crippen LogP contribution in [-0.4, -0.2) is 33.4 Å². The van der Waals surface area contributed by atoms with E-state index >= 15 is 0 Å². The standard InChI is InChI=1S/C21H17Cl2N5O2S/c22-16-6-14(29)7-17(23)18(16)28-10-31-19-15(20(28)30)9-25-21(27-19)26-13-2-1-11-3-4-24-8-12(11)5-13/h1-2,5-7,9,24,29H,3-4,8,10H2,(H,25,26,27). The number of nitrogens with one attached hydrogen (secondary N) is 2. The number of benzene rings is 2. The number of nitrogens with zero attached hydrogens (tertiary/aromatic N) is 3. The van der Waals surface area contributed by atoms with Crippen LogP contribution < -0.4 is 15.5 Å². The zero-order valence-corrected chi connectivity index (χ0v) is 18.5. The maximum Gasteiger partial charge on any atom is 0.263 e. The van der Waals surface area contributed by atoms with Crippen LogP contribution in [-0.2, 0) is 13.0 Å². The van der Waals surface area contributed by atoms with E-state index in [1.54, 1.807) is 0 Å². The van der Waals surface area contributed by atoms with E-state index in [0.29, 0.717) is 22.2 Å². The predicted octanol–water partition coefficient (Wildman–Crippen LogP) is 4.59. The Hall–Kier alpha value is -2.52. The van der Waals surface area contributed by atoms with Crippen molar-refractivity contribution in [3.63, 3.8) is 0 Å². The number of fused-ring (bicyclic) bond motifs is 2. The summed E-state index contributed by atoms with van der Waals surface area (Å²) in [7, 11) is 0. The van der Waals surface area contributed by atoms with Crippen LogP contribution in [0.4, 0.5) is 17.3 Å². The number of phenolic OH excluding ortho intramolecular Hbond substituents is 1. The molecule has 5 rings (SSSR count). The third kappa shape index (κ3) is 3.92. The zero-order valence-electron chi connectivity index (χ0n) is 16.2. The van der Waals surface area contributed by atoms with Crippen LogP contribution >= 0.6 is 35.0 Å². The van der Waals surface area contributed by atoms with Crippen LogP contribution in [0.25, 0.3) is 0 Å². The zero-order chi connectivity index (χ0) is 21.5. The first kappa shape index (κ1) is 20.4. The van der Waals surface area contributed by atoms with Gasteiger partial charge in [0.05, 0.1) is 27.2 Å². The minimum Gasteiger partial charge on any atom is -0.508 e. The summed E-state index contributed by atoms with van der Waals surface area (Å²) in [5.74, 6) is 0.358. The Labute approximate surface area is 192 Å². The third-order valence-corrected chi connectivity index (χ3v) is 6.73. The number of carbonyl (C=O) groups is 1. The van der Waals surface area contributed by atoms with E-state index in [-0.39, 0.29) is 27.6 Å². The molecule has 0 unspecified atom stereocenters. The van der Waals surface area contributed by atoms with E-state index in [2.05, 4.69) is 32.7 Å². The number of amides is 1. The predicted molar refractivity (Wildman–Crippen MR) is 123 cm³/mol. The van der Waals surface area contributed by atoms with Crippen molar-refractivity contribution in [1.29, 1.82) is 0 Å². The average molecular weight is 474 g/mol. The highest BCUT2D eigenvalue weighted by Crippen LogP contribution is 2.41. The molecule has 3 N–H and O–H groups in total.